The first-order valence-electron chi connectivity index (χ1n) is 9.38. The predicted molar refractivity (Wildman–Crippen MR) is 106 cm³/mol. The molecule has 12 heteroatoms. The zero-order valence-electron chi connectivity index (χ0n) is 15.9. The van der Waals surface area contributed by atoms with Crippen molar-refractivity contribution < 1.29 is 17.9 Å². The first-order chi connectivity index (χ1) is 13.9. The van der Waals surface area contributed by atoms with E-state index in [4.69, 9.17) is 4.74 Å². The number of thioether (sulfide) groups is 1. The molecule has 2 heterocycles. The molecule has 0 radical (unpaired) electrons. The van der Waals surface area contributed by atoms with Crippen LogP contribution in [0.4, 0.5) is 5.69 Å². The molecule has 10 nitrogen and oxygen atoms in total. The first kappa shape index (κ1) is 20.3. The third-order valence-electron chi connectivity index (χ3n) is 4.72. The van der Waals surface area contributed by atoms with Crippen LogP contribution < -0.4 is 5.32 Å². The van der Waals surface area contributed by atoms with E-state index in [1.807, 2.05) is 0 Å². The summed E-state index contributed by atoms with van der Waals surface area (Å²) in [5.74, 6) is -0.249. The fourth-order valence-corrected chi connectivity index (χ4v) is 5.25. The van der Waals surface area contributed by atoms with Gasteiger partial charge < -0.3 is 10.1 Å². The second kappa shape index (κ2) is 8.38. The normalized spacial score (nSPS) is 19.1. The van der Waals surface area contributed by atoms with Gasteiger partial charge >= 0.3 is 0 Å². The maximum atomic E-state index is 12.8. The number of carbonyl (C=O) groups is 1. The predicted octanol–water partition coefficient (Wildman–Crippen LogP) is 1.15. The van der Waals surface area contributed by atoms with Gasteiger partial charge in [0.2, 0.25) is 21.1 Å². The molecule has 1 saturated carbocycles. The second-order valence-corrected chi connectivity index (χ2v) is 10.2. The average molecular weight is 439 g/mol. The van der Waals surface area contributed by atoms with Crippen LogP contribution in [0.1, 0.15) is 25.8 Å². The molecule has 1 saturated heterocycles. The fourth-order valence-electron chi connectivity index (χ4n) is 2.94. The van der Waals surface area contributed by atoms with Gasteiger partial charge in [-0.3, -0.25) is 4.79 Å². The summed E-state index contributed by atoms with van der Waals surface area (Å²) < 4.78 is 34.0. The highest BCUT2D eigenvalue weighted by Gasteiger charge is 2.30. The molecule has 0 spiro atoms. The van der Waals surface area contributed by atoms with Crippen LogP contribution in [0.3, 0.4) is 0 Å². The molecule has 29 heavy (non-hydrogen) atoms. The van der Waals surface area contributed by atoms with Gasteiger partial charge in [0.1, 0.15) is 0 Å². The average Bonchev–Trinajstić information content (AvgIpc) is 3.47. The Morgan fingerprint density at radius 1 is 1.31 bits per heavy atom. The molecule has 1 aromatic heterocycles. The molecule has 1 aliphatic carbocycles. The highest BCUT2D eigenvalue weighted by atomic mass is 32.2. The van der Waals surface area contributed by atoms with Crippen LogP contribution in [0.15, 0.2) is 34.3 Å². The van der Waals surface area contributed by atoms with Crippen molar-refractivity contribution in [3.05, 3.63) is 24.3 Å². The molecule has 1 N–H and O–H groups in total. The quantitative estimate of drug-likeness (QED) is 0.640. The Balaban J connectivity index is 1.43. The summed E-state index contributed by atoms with van der Waals surface area (Å²) in [6.07, 6.45) is 2.09. The van der Waals surface area contributed by atoms with Crippen LogP contribution in [0.25, 0.3) is 0 Å². The molecular formula is C17H22N6O4S2. The number of nitrogens with one attached hydrogen (secondary N) is 1. The van der Waals surface area contributed by atoms with E-state index >= 15 is 0 Å². The molecular weight excluding hydrogens is 416 g/mol. The number of nitrogens with zero attached hydrogens (tertiary/aromatic N) is 5. The topological polar surface area (TPSA) is 119 Å². The number of sulfonamides is 1. The number of hydrogen-bond donors (Lipinski definition) is 1. The van der Waals surface area contributed by atoms with Gasteiger partial charge in [0.05, 0.1) is 29.4 Å². The van der Waals surface area contributed by atoms with Gasteiger partial charge in [-0.1, -0.05) is 17.8 Å². The van der Waals surface area contributed by atoms with Crippen molar-refractivity contribution in [1.29, 1.82) is 0 Å². The van der Waals surface area contributed by atoms with Crippen LogP contribution in [-0.2, 0) is 19.6 Å². The molecule has 1 atom stereocenters. The van der Waals surface area contributed by atoms with Crippen molar-refractivity contribution in [2.24, 2.45) is 0 Å². The van der Waals surface area contributed by atoms with Crippen LogP contribution in [0.5, 0.6) is 0 Å². The number of rotatable bonds is 7. The molecule has 2 aliphatic rings. The molecule has 2 fully saturated rings. The summed E-state index contributed by atoms with van der Waals surface area (Å²) in [6.45, 7) is 3.17. The van der Waals surface area contributed by atoms with Crippen LogP contribution in [0, 0.1) is 0 Å². The number of amides is 1. The molecule has 0 unspecified atom stereocenters. The van der Waals surface area contributed by atoms with E-state index in [-0.39, 0.29) is 10.8 Å². The molecule has 156 valence electrons. The monoisotopic (exact) mass is 438 g/mol. The lowest BCUT2D eigenvalue weighted by molar-refractivity contribution is -0.115. The van der Waals surface area contributed by atoms with Crippen molar-refractivity contribution in [2.45, 2.75) is 41.1 Å². The highest BCUT2D eigenvalue weighted by Crippen LogP contribution is 2.37. The summed E-state index contributed by atoms with van der Waals surface area (Å²) in [7, 11) is -3.62. The van der Waals surface area contributed by atoms with E-state index in [0.717, 1.165) is 12.8 Å². The summed E-state index contributed by atoms with van der Waals surface area (Å²) in [5.41, 5.74) is 0.429. The highest BCUT2D eigenvalue weighted by molar-refractivity contribution is 8.00. The lowest BCUT2D eigenvalue weighted by Crippen LogP contribution is -2.40. The lowest BCUT2D eigenvalue weighted by atomic mass is 10.3. The van der Waals surface area contributed by atoms with Gasteiger partial charge in [0.15, 0.2) is 0 Å². The molecule has 1 aliphatic heterocycles. The van der Waals surface area contributed by atoms with Crippen molar-refractivity contribution >= 4 is 33.4 Å². The zero-order chi connectivity index (χ0) is 20.4. The minimum atomic E-state index is -3.62. The number of benzene rings is 1. The molecule has 4 rings (SSSR count). The maximum Gasteiger partial charge on any atom is 0.243 e. The minimum absolute atomic E-state index is 0.148. The molecule has 2 aromatic rings. The standard InChI is InChI=1S/C17H22N6O4S2/c1-12(28-17-19-20-21-23(17)14-5-6-14)16(24)18-13-3-2-4-15(11-13)29(25,26)22-7-9-27-10-8-22/h2-4,11-12,14H,5-10H2,1H3,(H,18,24)/t12-/m0/s1. The van der Waals surface area contributed by atoms with E-state index in [9.17, 15) is 13.2 Å². The van der Waals surface area contributed by atoms with Gasteiger partial charge in [-0.15, -0.1) is 5.10 Å². The summed E-state index contributed by atoms with van der Waals surface area (Å²) in [4.78, 5) is 12.8. The Kier molecular flexibility index (Phi) is 5.86. The third-order valence-corrected chi connectivity index (χ3v) is 7.66. The molecule has 0 bridgehead atoms. The summed E-state index contributed by atoms with van der Waals surface area (Å²) >= 11 is 1.28. The largest absolute Gasteiger partial charge is 0.379 e. The summed E-state index contributed by atoms with van der Waals surface area (Å²) in [6, 6.07) is 6.62. The van der Waals surface area contributed by atoms with E-state index in [0.29, 0.717) is 43.2 Å². The van der Waals surface area contributed by atoms with E-state index in [1.165, 1.54) is 28.2 Å². The SMILES string of the molecule is C[C@H](Sc1nnnn1C1CC1)C(=O)Nc1cccc(S(=O)(=O)N2CCOCC2)c1. The number of tetrazole rings is 1. The van der Waals surface area contributed by atoms with Crippen LogP contribution >= 0.6 is 11.8 Å². The van der Waals surface area contributed by atoms with Crippen molar-refractivity contribution in [1.82, 2.24) is 24.5 Å². The van der Waals surface area contributed by atoms with Gasteiger partial charge in [-0.05, 0) is 48.4 Å². The van der Waals surface area contributed by atoms with Crippen LogP contribution in [-0.4, -0.2) is 70.4 Å². The van der Waals surface area contributed by atoms with Crippen LogP contribution in [0.2, 0.25) is 0 Å². The Morgan fingerprint density at radius 3 is 2.79 bits per heavy atom. The zero-order valence-corrected chi connectivity index (χ0v) is 17.5. The van der Waals surface area contributed by atoms with Gasteiger partial charge in [-0.2, -0.15) is 4.31 Å². The van der Waals surface area contributed by atoms with Gasteiger partial charge in [-0.25, -0.2) is 13.1 Å². The maximum absolute atomic E-state index is 12.8. The molecule has 1 aromatic carbocycles. The minimum Gasteiger partial charge on any atom is -0.379 e. The van der Waals surface area contributed by atoms with Crippen molar-refractivity contribution in [3.63, 3.8) is 0 Å². The summed E-state index contributed by atoms with van der Waals surface area (Å²) in [5, 5.41) is 14.6. The lowest BCUT2D eigenvalue weighted by Gasteiger charge is -2.26. The smallest absolute Gasteiger partial charge is 0.243 e. The Bertz CT molecular complexity index is 985. The number of hydrogen-bond acceptors (Lipinski definition) is 8. The van der Waals surface area contributed by atoms with Gasteiger partial charge in [0.25, 0.3) is 0 Å². The number of carbonyl (C=O) groups excluding carboxylic acids is 1. The van der Waals surface area contributed by atoms with E-state index in [1.54, 1.807) is 23.7 Å². The first-order valence-corrected chi connectivity index (χ1v) is 11.7. The fraction of sp³-hybridized carbons (Fsp3) is 0.529. The van der Waals surface area contributed by atoms with Gasteiger partial charge in [0, 0.05) is 18.8 Å². The Morgan fingerprint density at radius 2 is 2.07 bits per heavy atom. The number of morpholine rings is 1. The Hall–Kier alpha value is -2.02. The van der Waals surface area contributed by atoms with Crippen molar-refractivity contribution in [2.75, 3.05) is 31.6 Å². The third kappa shape index (κ3) is 4.60. The number of ether oxygens (including phenoxy) is 1. The second-order valence-electron chi connectivity index (χ2n) is 6.93. The van der Waals surface area contributed by atoms with E-state index in [2.05, 4.69) is 20.8 Å². The van der Waals surface area contributed by atoms with E-state index < -0.39 is 15.3 Å². The molecule has 1 amide bonds. The van der Waals surface area contributed by atoms with Crippen molar-refractivity contribution in [3.8, 4) is 0 Å². The Labute approximate surface area is 173 Å². The number of anilines is 1. The number of aromatic nitrogens is 4.